The van der Waals surface area contributed by atoms with Crippen LogP contribution in [0, 0.1) is 0 Å². The van der Waals surface area contributed by atoms with Crippen molar-refractivity contribution in [2.45, 2.75) is 45.7 Å². The van der Waals surface area contributed by atoms with Crippen molar-refractivity contribution in [3.63, 3.8) is 0 Å². The third-order valence-corrected chi connectivity index (χ3v) is 5.02. The second-order valence-corrected chi connectivity index (χ2v) is 10.3. The molecular weight excluding hydrogens is 455 g/mol. The Bertz CT molecular complexity index is 647. The van der Waals surface area contributed by atoms with E-state index in [2.05, 4.69) is 0 Å². The largest absolute Gasteiger partial charge is 0.463 e. The lowest BCUT2D eigenvalue weighted by Crippen LogP contribution is -2.24. The van der Waals surface area contributed by atoms with Crippen molar-refractivity contribution >= 4 is 81.4 Å². The zero-order chi connectivity index (χ0) is 18.8. The summed E-state index contributed by atoms with van der Waals surface area (Å²) in [5.74, 6) is -1.39. The lowest BCUT2D eigenvalue weighted by atomic mass is 9.96. The van der Waals surface area contributed by atoms with E-state index in [1.807, 2.05) is 10.6 Å². The van der Waals surface area contributed by atoms with Gasteiger partial charge in [0.15, 0.2) is 0 Å². The molecule has 1 aromatic rings. The first-order chi connectivity index (χ1) is 11.5. The summed E-state index contributed by atoms with van der Waals surface area (Å²) in [4.78, 5) is 23.8. The SMILES string of the molecule is O=C(OCC[C@H]1CCCCn2c(C(=O)C(Cl)(Cl)Cl)ccc21)C(Cl)(Cl)Cl. The standard InChI is InChI=1S/C15H15Cl6NO3/c16-14(17,18)12(23)11-5-4-10-9(3-1-2-7-22(10)11)6-8-25-13(24)15(19,20)21/h4-5,9H,1-3,6-8H2/t9-/m1/s1. The van der Waals surface area contributed by atoms with E-state index in [0.29, 0.717) is 18.7 Å². The maximum Gasteiger partial charge on any atom is 0.358 e. The van der Waals surface area contributed by atoms with E-state index in [4.69, 9.17) is 74.3 Å². The molecule has 0 unspecified atom stereocenters. The summed E-state index contributed by atoms with van der Waals surface area (Å²) < 4.78 is 2.78. The highest BCUT2D eigenvalue weighted by Crippen LogP contribution is 2.36. The fraction of sp³-hybridized carbons (Fsp3) is 0.600. The van der Waals surface area contributed by atoms with E-state index in [9.17, 15) is 9.59 Å². The number of carbonyl (C=O) groups excluding carboxylic acids is 2. The number of hydrogen-bond donors (Lipinski definition) is 0. The molecule has 2 heterocycles. The molecule has 0 saturated carbocycles. The summed E-state index contributed by atoms with van der Waals surface area (Å²) in [5.41, 5.74) is 1.31. The van der Waals surface area contributed by atoms with E-state index in [-0.39, 0.29) is 12.5 Å². The van der Waals surface area contributed by atoms with Crippen LogP contribution in [0.15, 0.2) is 12.1 Å². The molecule has 10 heteroatoms. The van der Waals surface area contributed by atoms with Crippen molar-refractivity contribution in [3.8, 4) is 0 Å². The number of halogens is 6. The second-order valence-electron chi connectivity index (χ2n) is 5.74. The first kappa shape index (κ1) is 21.5. The molecule has 0 aliphatic carbocycles. The van der Waals surface area contributed by atoms with Crippen molar-refractivity contribution in [2.24, 2.45) is 0 Å². The topological polar surface area (TPSA) is 48.3 Å². The summed E-state index contributed by atoms with van der Waals surface area (Å²) in [7, 11) is 0. The molecule has 2 rings (SSSR count). The van der Waals surface area contributed by atoms with Gasteiger partial charge in [0.2, 0.25) is 5.78 Å². The number of fused-ring (bicyclic) bond motifs is 1. The average Bonchev–Trinajstić information content (AvgIpc) is 2.80. The molecule has 0 spiro atoms. The summed E-state index contributed by atoms with van der Waals surface area (Å²) in [6, 6.07) is 3.50. The van der Waals surface area contributed by atoms with Gasteiger partial charge in [-0.15, -0.1) is 0 Å². The van der Waals surface area contributed by atoms with Crippen LogP contribution in [0.5, 0.6) is 0 Å². The number of carbonyl (C=O) groups is 2. The smallest absolute Gasteiger partial charge is 0.358 e. The Morgan fingerprint density at radius 2 is 1.76 bits per heavy atom. The van der Waals surface area contributed by atoms with E-state index in [1.54, 1.807) is 6.07 Å². The minimum atomic E-state index is -2.09. The number of Topliss-reactive ketones (excluding diaryl/α,β-unsaturated/α-hetero) is 1. The number of esters is 1. The van der Waals surface area contributed by atoms with Gasteiger partial charge in [-0.05, 0) is 31.4 Å². The number of ketones is 1. The van der Waals surface area contributed by atoms with Crippen LogP contribution >= 0.6 is 69.6 Å². The highest BCUT2D eigenvalue weighted by molar-refractivity contribution is 6.77. The van der Waals surface area contributed by atoms with Crippen LogP contribution in [-0.2, 0) is 16.1 Å². The lowest BCUT2D eigenvalue weighted by molar-refractivity contribution is -0.142. The van der Waals surface area contributed by atoms with Crippen molar-refractivity contribution in [1.29, 1.82) is 0 Å². The summed E-state index contributed by atoms with van der Waals surface area (Å²) in [5, 5.41) is 0. The zero-order valence-corrected chi connectivity index (χ0v) is 17.5. The fourth-order valence-electron chi connectivity index (χ4n) is 2.91. The Morgan fingerprint density at radius 1 is 1.08 bits per heavy atom. The summed E-state index contributed by atoms with van der Waals surface area (Å²) in [6.07, 6.45) is 3.28. The van der Waals surface area contributed by atoms with Gasteiger partial charge in [0, 0.05) is 18.2 Å². The molecule has 0 saturated heterocycles. The van der Waals surface area contributed by atoms with Gasteiger partial charge in [-0.2, -0.15) is 0 Å². The third kappa shape index (κ3) is 5.57. The summed E-state index contributed by atoms with van der Waals surface area (Å²) >= 11 is 33.6. The lowest BCUT2D eigenvalue weighted by Gasteiger charge is -2.19. The third-order valence-electron chi connectivity index (χ3n) is 4.04. The van der Waals surface area contributed by atoms with Gasteiger partial charge < -0.3 is 9.30 Å². The maximum absolute atomic E-state index is 12.3. The normalized spacial score (nSPS) is 18.4. The fourth-order valence-corrected chi connectivity index (χ4v) is 3.36. The molecule has 1 aliphatic rings. The van der Waals surface area contributed by atoms with Gasteiger partial charge >= 0.3 is 5.97 Å². The van der Waals surface area contributed by atoms with Crippen molar-refractivity contribution in [2.75, 3.05) is 6.61 Å². The van der Waals surface area contributed by atoms with Gasteiger partial charge in [0.1, 0.15) is 0 Å². The van der Waals surface area contributed by atoms with E-state index in [0.717, 1.165) is 25.0 Å². The van der Waals surface area contributed by atoms with Crippen LogP contribution in [0.1, 0.15) is 47.8 Å². The zero-order valence-electron chi connectivity index (χ0n) is 12.9. The number of hydrogen-bond acceptors (Lipinski definition) is 3. The van der Waals surface area contributed by atoms with Crippen LogP contribution in [0.3, 0.4) is 0 Å². The molecule has 25 heavy (non-hydrogen) atoms. The Hall–Kier alpha value is 0.160. The molecule has 0 bridgehead atoms. The number of ether oxygens (including phenoxy) is 1. The first-order valence-electron chi connectivity index (χ1n) is 7.56. The predicted octanol–water partition coefficient (Wildman–Crippen LogP) is 5.61. The highest BCUT2D eigenvalue weighted by atomic mass is 35.6. The average molecular weight is 470 g/mol. The minimum Gasteiger partial charge on any atom is -0.463 e. The van der Waals surface area contributed by atoms with Gasteiger partial charge in [0.25, 0.3) is 7.59 Å². The molecule has 0 aromatic carbocycles. The minimum absolute atomic E-state index is 0.0857. The maximum atomic E-state index is 12.3. The van der Waals surface area contributed by atoms with Gasteiger partial charge in [-0.1, -0.05) is 76.0 Å². The number of alkyl halides is 6. The van der Waals surface area contributed by atoms with Crippen LogP contribution < -0.4 is 0 Å². The number of aromatic nitrogens is 1. The first-order valence-corrected chi connectivity index (χ1v) is 9.83. The van der Waals surface area contributed by atoms with Crippen molar-refractivity contribution in [3.05, 3.63) is 23.5 Å². The molecule has 1 aromatic heterocycles. The molecule has 0 radical (unpaired) electrons. The Morgan fingerprint density at radius 3 is 2.36 bits per heavy atom. The van der Waals surface area contributed by atoms with Crippen molar-refractivity contribution < 1.29 is 14.3 Å². The molecule has 0 amide bonds. The van der Waals surface area contributed by atoms with Crippen LogP contribution in [0.4, 0.5) is 0 Å². The van der Waals surface area contributed by atoms with Crippen LogP contribution in [-0.4, -0.2) is 30.5 Å². The molecule has 0 fully saturated rings. The Balaban J connectivity index is 2.12. The van der Waals surface area contributed by atoms with Gasteiger partial charge in [-0.3, -0.25) is 4.79 Å². The Kier molecular flexibility index (Phi) is 7.25. The van der Waals surface area contributed by atoms with E-state index >= 15 is 0 Å². The Labute approximate surface area is 175 Å². The quantitative estimate of drug-likeness (QED) is 0.327. The van der Waals surface area contributed by atoms with Crippen LogP contribution in [0.2, 0.25) is 0 Å². The predicted molar refractivity (Wildman–Crippen MR) is 102 cm³/mol. The van der Waals surface area contributed by atoms with Crippen molar-refractivity contribution in [1.82, 2.24) is 4.57 Å². The van der Waals surface area contributed by atoms with Gasteiger partial charge in [-0.25, -0.2) is 4.79 Å². The highest BCUT2D eigenvalue weighted by Gasteiger charge is 2.36. The van der Waals surface area contributed by atoms with E-state index < -0.39 is 19.3 Å². The number of rotatable bonds is 4. The summed E-state index contributed by atoms with van der Waals surface area (Å²) in [6.45, 7) is 0.769. The van der Waals surface area contributed by atoms with Gasteiger partial charge in [0.05, 0.1) is 12.3 Å². The number of nitrogens with zero attached hydrogens (tertiary/aromatic N) is 1. The molecule has 1 aliphatic heterocycles. The molecular formula is C15H15Cl6NO3. The molecule has 0 N–H and O–H groups in total. The van der Waals surface area contributed by atoms with Crippen LogP contribution in [0.25, 0.3) is 0 Å². The molecule has 140 valence electrons. The second kappa shape index (κ2) is 8.45. The van der Waals surface area contributed by atoms with E-state index in [1.165, 1.54) is 0 Å². The monoisotopic (exact) mass is 467 g/mol. The molecule has 1 atom stereocenters. The molecule has 4 nitrogen and oxygen atoms in total.